The maximum atomic E-state index is 13.7. The highest BCUT2D eigenvalue weighted by Gasteiger charge is 2.35. The molecule has 3 aromatic heterocycles. The molecular weight excluding hydrogens is 380 g/mol. The zero-order chi connectivity index (χ0) is 20.7. The minimum Gasteiger partial charge on any atom is -0.337 e. The predicted molar refractivity (Wildman–Crippen MR) is 110 cm³/mol. The molecule has 4 aromatic rings. The fourth-order valence-electron chi connectivity index (χ4n) is 3.97. The summed E-state index contributed by atoms with van der Waals surface area (Å²) in [6.07, 6.45) is 6.56. The van der Waals surface area contributed by atoms with Crippen LogP contribution in [0.2, 0.25) is 0 Å². The van der Waals surface area contributed by atoms with Crippen molar-refractivity contribution >= 4 is 16.8 Å². The molecule has 8 heteroatoms. The van der Waals surface area contributed by atoms with E-state index in [-0.39, 0.29) is 11.9 Å². The van der Waals surface area contributed by atoms with Crippen molar-refractivity contribution in [1.29, 1.82) is 0 Å². The van der Waals surface area contributed by atoms with Crippen LogP contribution < -0.4 is 0 Å². The van der Waals surface area contributed by atoms with Gasteiger partial charge in [0, 0.05) is 29.9 Å². The van der Waals surface area contributed by atoms with Crippen LogP contribution in [0.3, 0.4) is 0 Å². The molecule has 1 saturated heterocycles. The standard InChI is InChI=1S/C22H20N6O2/c1-13-5-6-18-16(8-13)17(9-19(26-18)15-10-23-12-24-11-15)22(29)28-7-3-4-20(28)21-25-14(2)27-30-21/h5-6,8-12,20H,3-4,7H2,1-2H3/t20-/m0/s1. The van der Waals surface area contributed by atoms with E-state index in [2.05, 4.69) is 20.1 Å². The summed E-state index contributed by atoms with van der Waals surface area (Å²) in [7, 11) is 0. The van der Waals surface area contributed by atoms with Crippen LogP contribution >= 0.6 is 0 Å². The first kappa shape index (κ1) is 18.4. The zero-order valence-corrected chi connectivity index (χ0v) is 16.7. The van der Waals surface area contributed by atoms with Crippen LogP contribution in [0.4, 0.5) is 0 Å². The number of aryl methyl sites for hydroxylation is 2. The Hall–Kier alpha value is -3.68. The van der Waals surface area contributed by atoms with Gasteiger partial charge in [0.15, 0.2) is 5.82 Å². The second-order valence-corrected chi connectivity index (χ2v) is 7.54. The fourth-order valence-corrected chi connectivity index (χ4v) is 3.97. The van der Waals surface area contributed by atoms with E-state index in [1.807, 2.05) is 36.1 Å². The molecule has 150 valence electrons. The smallest absolute Gasteiger partial charge is 0.255 e. The minimum atomic E-state index is -0.213. The summed E-state index contributed by atoms with van der Waals surface area (Å²) in [5.41, 5.74) is 3.86. The third-order valence-electron chi connectivity index (χ3n) is 5.39. The monoisotopic (exact) mass is 400 g/mol. The third-order valence-corrected chi connectivity index (χ3v) is 5.39. The Kier molecular flexibility index (Phi) is 4.46. The molecule has 0 bridgehead atoms. The molecule has 8 nitrogen and oxygen atoms in total. The van der Waals surface area contributed by atoms with Crippen LogP contribution in [0.25, 0.3) is 22.2 Å². The Balaban J connectivity index is 1.63. The Labute approximate surface area is 173 Å². The first-order chi connectivity index (χ1) is 14.6. The molecule has 1 fully saturated rings. The van der Waals surface area contributed by atoms with Gasteiger partial charge in [-0.2, -0.15) is 4.98 Å². The van der Waals surface area contributed by atoms with Crippen LogP contribution in [0.1, 0.15) is 46.5 Å². The number of benzene rings is 1. The van der Waals surface area contributed by atoms with Crippen molar-refractivity contribution in [2.45, 2.75) is 32.7 Å². The molecule has 1 amide bonds. The third kappa shape index (κ3) is 3.20. The zero-order valence-electron chi connectivity index (χ0n) is 16.7. The summed E-state index contributed by atoms with van der Waals surface area (Å²) in [5, 5.41) is 4.72. The molecule has 1 aromatic carbocycles. The van der Waals surface area contributed by atoms with Gasteiger partial charge < -0.3 is 9.42 Å². The van der Waals surface area contributed by atoms with Crippen molar-refractivity contribution in [1.82, 2.24) is 30.0 Å². The van der Waals surface area contributed by atoms with Gasteiger partial charge in [-0.3, -0.25) is 4.79 Å². The van der Waals surface area contributed by atoms with Crippen molar-refractivity contribution in [3.8, 4) is 11.3 Å². The van der Waals surface area contributed by atoms with Gasteiger partial charge >= 0.3 is 0 Å². The highest BCUT2D eigenvalue weighted by Crippen LogP contribution is 2.34. The van der Waals surface area contributed by atoms with Crippen LogP contribution in [0.15, 0.2) is 47.5 Å². The highest BCUT2D eigenvalue weighted by molar-refractivity contribution is 6.07. The van der Waals surface area contributed by atoms with Gasteiger partial charge in [0.2, 0.25) is 5.89 Å². The summed E-state index contributed by atoms with van der Waals surface area (Å²) < 4.78 is 5.38. The second-order valence-electron chi connectivity index (χ2n) is 7.54. The normalized spacial score (nSPS) is 16.3. The van der Waals surface area contributed by atoms with Crippen LogP contribution in [0, 0.1) is 13.8 Å². The first-order valence-corrected chi connectivity index (χ1v) is 9.88. The summed E-state index contributed by atoms with van der Waals surface area (Å²) in [4.78, 5) is 32.8. The number of rotatable bonds is 3. The summed E-state index contributed by atoms with van der Waals surface area (Å²) in [6, 6.07) is 7.56. The number of pyridine rings is 1. The first-order valence-electron chi connectivity index (χ1n) is 9.88. The molecule has 0 aliphatic carbocycles. The average Bonchev–Trinajstić information content (AvgIpc) is 3.42. The molecule has 0 saturated carbocycles. The fraction of sp³-hybridized carbons (Fsp3) is 0.273. The van der Waals surface area contributed by atoms with Crippen LogP contribution in [0.5, 0.6) is 0 Å². The lowest BCUT2D eigenvalue weighted by Crippen LogP contribution is -2.31. The number of hydrogen-bond acceptors (Lipinski definition) is 7. The van der Waals surface area contributed by atoms with E-state index in [1.165, 1.54) is 6.33 Å². The summed E-state index contributed by atoms with van der Waals surface area (Å²) >= 11 is 0. The topological polar surface area (TPSA) is 97.9 Å². The SMILES string of the molecule is Cc1ccc2nc(-c3cncnc3)cc(C(=O)N3CCC[C@H]3c3nc(C)no3)c2c1. The number of carbonyl (C=O) groups is 1. The molecule has 5 rings (SSSR count). The predicted octanol–water partition coefficient (Wildman–Crippen LogP) is 3.67. The molecule has 1 aliphatic rings. The van der Waals surface area contributed by atoms with E-state index < -0.39 is 0 Å². The van der Waals surface area contributed by atoms with Gasteiger partial charge in [0.1, 0.15) is 12.4 Å². The van der Waals surface area contributed by atoms with Crippen molar-refractivity contribution in [2.75, 3.05) is 6.54 Å². The number of fused-ring (bicyclic) bond motifs is 1. The van der Waals surface area contributed by atoms with Crippen LogP contribution in [-0.2, 0) is 0 Å². The van der Waals surface area contributed by atoms with Gasteiger partial charge in [-0.05, 0) is 44.9 Å². The van der Waals surface area contributed by atoms with E-state index in [0.717, 1.165) is 34.9 Å². The number of nitrogens with zero attached hydrogens (tertiary/aromatic N) is 6. The van der Waals surface area contributed by atoms with Gasteiger partial charge in [0.05, 0.1) is 16.8 Å². The van der Waals surface area contributed by atoms with Gasteiger partial charge in [-0.25, -0.2) is 15.0 Å². The molecule has 4 heterocycles. The Bertz CT molecular complexity index is 1240. The van der Waals surface area contributed by atoms with Crippen LogP contribution in [-0.4, -0.2) is 42.4 Å². The van der Waals surface area contributed by atoms with Crippen molar-refractivity contribution in [3.63, 3.8) is 0 Å². The summed E-state index contributed by atoms with van der Waals surface area (Å²) in [6.45, 7) is 4.43. The molecular formula is C22H20N6O2. The molecule has 0 unspecified atom stereocenters. The number of amides is 1. The van der Waals surface area contributed by atoms with Gasteiger partial charge in [-0.15, -0.1) is 0 Å². The molecule has 1 atom stereocenters. The Morgan fingerprint density at radius 1 is 1.13 bits per heavy atom. The highest BCUT2D eigenvalue weighted by atomic mass is 16.5. The number of hydrogen-bond donors (Lipinski definition) is 0. The lowest BCUT2D eigenvalue weighted by atomic mass is 10.0. The number of likely N-dealkylation sites (tertiary alicyclic amines) is 1. The van der Waals surface area contributed by atoms with Crippen molar-refractivity contribution < 1.29 is 9.32 Å². The number of aromatic nitrogens is 5. The minimum absolute atomic E-state index is 0.0653. The van der Waals surface area contributed by atoms with E-state index in [9.17, 15) is 4.79 Å². The molecule has 0 spiro atoms. The largest absolute Gasteiger partial charge is 0.337 e. The molecule has 30 heavy (non-hydrogen) atoms. The van der Waals surface area contributed by atoms with E-state index >= 15 is 0 Å². The van der Waals surface area contributed by atoms with Crippen molar-refractivity contribution in [3.05, 3.63) is 65.8 Å². The van der Waals surface area contributed by atoms with Gasteiger partial charge in [0.25, 0.3) is 5.91 Å². The Morgan fingerprint density at radius 3 is 2.73 bits per heavy atom. The Morgan fingerprint density at radius 2 is 1.97 bits per heavy atom. The number of carbonyl (C=O) groups excluding carboxylic acids is 1. The van der Waals surface area contributed by atoms with E-state index in [4.69, 9.17) is 9.51 Å². The lowest BCUT2D eigenvalue weighted by Gasteiger charge is -2.23. The molecule has 1 aliphatic heterocycles. The van der Waals surface area contributed by atoms with Gasteiger partial charge in [-0.1, -0.05) is 16.8 Å². The van der Waals surface area contributed by atoms with Crippen molar-refractivity contribution in [2.24, 2.45) is 0 Å². The maximum absolute atomic E-state index is 13.7. The average molecular weight is 400 g/mol. The second kappa shape index (κ2) is 7.29. The summed E-state index contributed by atoms with van der Waals surface area (Å²) in [5.74, 6) is 0.995. The lowest BCUT2D eigenvalue weighted by molar-refractivity contribution is 0.0712. The maximum Gasteiger partial charge on any atom is 0.255 e. The van der Waals surface area contributed by atoms with E-state index in [0.29, 0.717) is 29.5 Å². The molecule has 0 N–H and O–H groups in total. The van der Waals surface area contributed by atoms with E-state index in [1.54, 1.807) is 19.3 Å². The quantitative estimate of drug-likeness (QED) is 0.517. The molecule has 0 radical (unpaired) electrons.